The number of nitrogens with zero attached hydrogens (tertiary/aromatic N) is 4. The SMILES string of the molecule is O=C(Cn1c2c(sc1=O)C(c1ccc(Br)cc1)C1C(=O)N(c3ccc([N+](=O)[O-])cc3)C(=O)C1S2)N1CCCCC1. The Hall–Kier alpha value is -3.29. The third kappa shape index (κ3) is 4.59. The van der Waals surface area contributed by atoms with E-state index in [1.165, 1.54) is 28.8 Å². The zero-order valence-corrected chi connectivity index (χ0v) is 24.2. The van der Waals surface area contributed by atoms with Crippen molar-refractivity contribution in [3.05, 3.63) is 83.2 Å². The molecule has 0 radical (unpaired) electrons. The Balaban J connectivity index is 1.41. The number of nitro benzene ring substituents is 1. The number of hydrogen-bond acceptors (Lipinski definition) is 8. The second kappa shape index (κ2) is 10.6. The molecule has 0 N–H and O–H groups in total. The lowest BCUT2D eigenvalue weighted by Gasteiger charge is -2.31. The summed E-state index contributed by atoms with van der Waals surface area (Å²) in [5.41, 5.74) is 0.889. The summed E-state index contributed by atoms with van der Waals surface area (Å²) in [6.07, 6.45) is 2.94. The third-order valence-corrected chi connectivity index (χ3v) is 10.7. The zero-order chi connectivity index (χ0) is 28.1. The molecule has 0 spiro atoms. The van der Waals surface area contributed by atoms with E-state index >= 15 is 0 Å². The largest absolute Gasteiger partial charge is 0.341 e. The first-order valence-corrected chi connectivity index (χ1v) is 15.3. The van der Waals surface area contributed by atoms with E-state index in [2.05, 4.69) is 15.9 Å². The number of fused-ring (bicyclic) bond motifs is 2. The highest BCUT2D eigenvalue weighted by atomic mass is 79.9. The van der Waals surface area contributed by atoms with Crippen LogP contribution in [0.2, 0.25) is 0 Å². The number of amides is 3. The van der Waals surface area contributed by atoms with Crippen molar-refractivity contribution in [2.45, 2.75) is 42.0 Å². The number of likely N-dealkylation sites (tertiary alicyclic amines) is 1. The molecule has 10 nitrogen and oxygen atoms in total. The van der Waals surface area contributed by atoms with Crippen LogP contribution in [0.15, 0.2) is 62.8 Å². The first kappa shape index (κ1) is 26.9. The molecular weight excluding hydrogens is 620 g/mol. The molecule has 4 heterocycles. The number of hydrogen-bond donors (Lipinski definition) is 0. The van der Waals surface area contributed by atoms with E-state index in [-0.39, 0.29) is 28.7 Å². The van der Waals surface area contributed by atoms with Crippen molar-refractivity contribution in [1.29, 1.82) is 0 Å². The number of thiazole rings is 1. The van der Waals surface area contributed by atoms with Gasteiger partial charge >= 0.3 is 4.87 Å². The number of rotatable bonds is 5. The number of anilines is 1. The fourth-order valence-electron chi connectivity index (χ4n) is 5.64. The summed E-state index contributed by atoms with van der Waals surface area (Å²) in [6, 6.07) is 12.7. The van der Waals surface area contributed by atoms with Crippen molar-refractivity contribution in [1.82, 2.24) is 9.47 Å². The van der Waals surface area contributed by atoms with Crippen LogP contribution in [0.1, 0.15) is 35.6 Å². The molecule has 2 aromatic carbocycles. The summed E-state index contributed by atoms with van der Waals surface area (Å²) >= 11 is 5.61. The fraction of sp³-hybridized carbons (Fsp3) is 0.333. The predicted octanol–water partition coefficient (Wildman–Crippen LogP) is 4.39. The van der Waals surface area contributed by atoms with Crippen LogP contribution in [-0.2, 0) is 20.9 Å². The number of imide groups is 1. The van der Waals surface area contributed by atoms with Crippen molar-refractivity contribution < 1.29 is 19.3 Å². The molecule has 3 aromatic rings. The molecular formula is C27H23BrN4O6S2. The van der Waals surface area contributed by atoms with E-state index in [1.54, 1.807) is 4.90 Å². The summed E-state index contributed by atoms with van der Waals surface area (Å²) in [5, 5.41) is 10.8. The Bertz CT molecular complexity index is 1580. The Kier molecular flexibility index (Phi) is 7.13. The van der Waals surface area contributed by atoms with Gasteiger partial charge in [-0.05, 0) is 49.1 Å². The monoisotopic (exact) mass is 642 g/mol. The lowest BCUT2D eigenvalue weighted by molar-refractivity contribution is -0.384. The molecule has 0 aliphatic carbocycles. The van der Waals surface area contributed by atoms with Gasteiger partial charge in [-0.15, -0.1) is 0 Å². The maximum atomic E-state index is 13.9. The minimum absolute atomic E-state index is 0.115. The van der Waals surface area contributed by atoms with Gasteiger partial charge < -0.3 is 4.90 Å². The summed E-state index contributed by atoms with van der Waals surface area (Å²) in [5.74, 6) is -2.36. The average Bonchev–Trinajstić information content (AvgIpc) is 3.40. The highest BCUT2D eigenvalue weighted by molar-refractivity contribution is 9.10. The molecule has 3 amide bonds. The van der Waals surface area contributed by atoms with Gasteiger partial charge in [0.05, 0.1) is 21.6 Å². The van der Waals surface area contributed by atoms with Gasteiger partial charge in [0.2, 0.25) is 17.7 Å². The molecule has 3 aliphatic rings. The van der Waals surface area contributed by atoms with Crippen LogP contribution in [0.3, 0.4) is 0 Å². The Morgan fingerprint density at radius 3 is 2.30 bits per heavy atom. The normalized spacial score (nSPS) is 22.3. The molecule has 6 rings (SSSR count). The van der Waals surface area contributed by atoms with Crippen LogP contribution in [-0.4, -0.2) is 50.5 Å². The minimum Gasteiger partial charge on any atom is -0.341 e. The third-order valence-electron chi connectivity index (χ3n) is 7.60. The maximum absolute atomic E-state index is 13.9. The van der Waals surface area contributed by atoms with E-state index in [9.17, 15) is 29.3 Å². The van der Waals surface area contributed by atoms with Gasteiger partial charge in [-0.25, -0.2) is 4.90 Å². The first-order valence-electron chi connectivity index (χ1n) is 12.8. The van der Waals surface area contributed by atoms with E-state index in [4.69, 9.17) is 0 Å². The Morgan fingerprint density at radius 2 is 1.65 bits per heavy atom. The highest BCUT2D eigenvalue weighted by Crippen LogP contribution is 2.54. The van der Waals surface area contributed by atoms with Crippen LogP contribution in [0.4, 0.5) is 11.4 Å². The standard InChI is InChI=1S/C27H23BrN4O6S2/c28-16-6-4-15(5-7-16)20-21-22(25(35)31(24(21)34)17-8-10-18(11-9-17)32(37)38)39-26-23(20)40-27(36)30(26)14-19(33)29-12-2-1-3-13-29/h4-11,20-22H,1-3,12-14H2. The molecule has 13 heteroatoms. The van der Waals surface area contributed by atoms with Gasteiger partial charge in [0.1, 0.15) is 11.8 Å². The van der Waals surface area contributed by atoms with Gasteiger partial charge in [-0.3, -0.25) is 33.9 Å². The van der Waals surface area contributed by atoms with E-state index in [0.717, 1.165) is 57.3 Å². The molecule has 2 fully saturated rings. The number of piperidine rings is 1. The van der Waals surface area contributed by atoms with Crippen molar-refractivity contribution in [3.8, 4) is 0 Å². The van der Waals surface area contributed by atoms with Crippen LogP contribution >= 0.6 is 39.0 Å². The number of thioether (sulfide) groups is 1. The molecule has 0 bridgehead atoms. The van der Waals surface area contributed by atoms with Gasteiger partial charge in [-0.1, -0.05) is 51.2 Å². The quantitative estimate of drug-likeness (QED) is 0.230. The van der Waals surface area contributed by atoms with Crippen molar-refractivity contribution in [2.24, 2.45) is 5.92 Å². The minimum atomic E-state index is -0.825. The number of carbonyl (C=O) groups is 3. The van der Waals surface area contributed by atoms with E-state index in [0.29, 0.717) is 23.0 Å². The molecule has 3 aliphatic heterocycles. The second-order valence-corrected chi connectivity index (χ2v) is 13.0. The number of nitro groups is 1. The second-order valence-electron chi connectivity index (χ2n) is 9.94. The molecule has 2 saturated heterocycles. The van der Waals surface area contributed by atoms with Crippen LogP contribution in [0.5, 0.6) is 0 Å². The number of carbonyl (C=O) groups excluding carboxylic acids is 3. The van der Waals surface area contributed by atoms with Crippen molar-refractivity contribution >= 4 is 68.1 Å². The number of aromatic nitrogens is 1. The van der Waals surface area contributed by atoms with Crippen LogP contribution < -0.4 is 9.77 Å². The van der Waals surface area contributed by atoms with Gasteiger partial charge in [0.25, 0.3) is 5.69 Å². The fourth-order valence-corrected chi connectivity index (χ4v) is 8.68. The zero-order valence-electron chi connectivity index (χ0n) is 21.0. The molecule has 0 saturated carbocycles. The molecule has 206 valence electrons. The number of halogens is 1. The summed E-state index contributed by atoms with van der Waals surface area (Å²) in [4.78, 5) is 67.9. The number of non-ortho nitro benzene ring substituents is 1. The van der Waals surface area contributed by atoms with Crippen molar-refractivity contribution in [3.63, 3.8) is 0 Å². The average molecular weight is 644 g/mol. The van der Waals surface area contributed by atoms with E-state index in [1.807, 2.05) is 24.3 Å². The molecule has 40 heavy (non-hydrogen) atoms. The smallest absolute Gasteiger partial charge is 0.308 e. The van der Waals surface area contributed by atoms with Crippen LogP contribution in [0.25, 0.3) is 0 Å². The maximum Gasteiger partial charge on any atom is 0.308 e. The van der Waals surface area contributed by atoms with Crippen LogP contribution in [0, 0.1) is 16.0 Å². The van der Waals surface area contributed by atoms with Gasteiger partial charge in [0.15, 0.2) is 0 Å². The first-order chi connectivity index (χ1) is 19.2. The molecule has 1 aromatic heterocycles. The van der Waals surface area contributed by atoms with Gasteiger partial charge in [-0.2, -0.15) is 0 Å². The topological polar surface area (TPSA) is 123 Å². The molecule has 3 unspecified atom stereocenters. The van der Waals surface area contributed by atoms with Crippen molar-refractivity contribution in [2.75, 3.05) is 18.0 Å². The summed E-state index contributed by atoms with van der Waals surface area (Å²) in [7, 11) is 0. The Morgan fingerprint density at radius 1 is 0.975 bits per heavy atom. The predicted molar refractivity (Wildman–Crippen MR) is 154 cm³/mol. The lowest BCUT2D eigenvalue weighted by Crippen LogP contribution is -2.39. The molecule has 3 atom stereocenters. The summed E-state index contributed by atoms with van der Waals surface area (Å²) < 4.78 is 2.30. The Labute approximate surface area is 245 Å². The van der Waals surface area contributed by atoms with E-state index < -0.39 is 33.8 Å². The lowest BCUT2D eigenvalue weighted by atomic mass is 9.83. The van der Waals surface area contributed by atoms with Gasteiger partial charge in [0, 0.05) is 40.5 Å². The highest BCUT2D eigenvalue weighted by Gasteiger charge is 2.56. The summed E-state index contributed by atoms with van der Waals surface area (Å²) in [6.45, 7) is 1.21. The number of benzene rings is 2.